The molecule has 2 aliphatic rings. The van der Waals surface area contributed by atoms with Gasteiger partial charge < -0.3 is 5.32 Å². The zero-order valence-electron chi connectivity index (χ0n) is 15.4. The summed E-state index contributed by atoms with van der Waals surface area (Å²) in [6.07, 6.45) is 0.818. The number of carbonyl (C=O) groups excluding carboxylic acids is 3. The Balaban J connectivity index is 1.79. The maximum Gasteiger partial charge on any atom is 0.267 e. The van der Waals surface area contributed by atoms with Gasteiger partial charge in [0, 0.05) is 12.5 Å². The van der Waals surface area contributed by atoms with Crippen LogP contribution >= 0.6 is 11.8 Å². The number of amidine groups is 1. The Labute approximate surface area is 166 Å². The van der Waals surface area contributed by atoms with Gasteiger partial charge in [0.25, 0.3) is 11.8 Å². The second-order valence-electron chi connectivity index (χ2n) is 6.34. The molecule has 3 amide bonds. The van der Waals surface area contributed by atoms with Crippen molar-refractivity contribution in [1.29, 1.82) is 0 Å². The molecule has 2 aromatic rings. The van der Waals surface area contributed by atoms with Gasteiger partial charge in [0.2, 0.25) is 5.91 Å². The van der Waals surface area contributed by atoms with Crippen LogP contribution in [-0.4, -0.2) is 22.9 Å². The summed E-state index contributed by atoms with van der Waals surface area (Å²) >= 11 is 1.12. The van der Waals surface area contributed by atoms with Crippen molar-refractivity contribution < 1.29 is 14.4 Å². The third kappa shape index (κ3) is 2.93. The first-order chi connectivity index (χ1) is 13.5. The molecule has 1 saturated heterocycles. The first-order valence-corrected chi connectivity index (χ1v) is 9.67. The number of rotatable bonds is 2. The molecular formula is C21H17N3O3S. The molecule has 0 radical (unpaired) electrons. The average molecular weight is 391 g/mol. The summed E-state index contributed by atoms with van der Waals surface area (Å²) in [5, 5.41) is 3.15. The molecule has 4 rings (SSSR count). The highest BCUT2D eigenvalue weighted by atomic mass is 32.2. The predicted octanol–water partition coefficient (Wildman–Crippen LogP) is 3.40. The van der Waals surface area contributed by atoms with Crippen LogP contribution in [0.3, 0.4) is 0 Å². The van der Waals surface area contributed by atoms with Crippen molar-refractivity contribution in [3.8, 4) is 0 Å². The van der Waals surface area contributed by atoms with Gasteiger partial charge in [-0.2, -0.15) is 0 Å². The summed E-state index contributed by atoms with van der Waals surface area (Å²) in [5.41, 5.74) is 3.16. The van der Waals surface area contributed by atoms with E-state index in [0.717, 1.165) is 34.3 Å². The van der Waals surface area contributed by atoms with E-state index < -0.39 is 5.91 Å². The van der Waals surface area contributed by atoms with Crippen LogP contribution in [0.5, 0.6) is 0 Å². The van der Waals surface area contributed by atoms with Crippen molar-refractivity contribution in [2.24, 2.45) is 4.99 Å². The fourth-order valence-electron chi connectivity index (χ4n) is 3.31. The standard InChI is InChI=1S/C21H17N3O3S/c1-3-13-8-4-6-10-15(13)22-21-23-19(26)18(28-21)17-14-9-5-7-11-16(14)24(12(2)25)20(17)27/h4-11H,3H2,1-2H3,(H,22,23,26)/b18-17-. The zero-order chi connectivity index (χ0) is 19.8. The van der Waals surface area contributed by atoms with Crippen LogP contribution in [0.1, 0.15) is 25.0 Å². The normalized spacial score (nSPS) is 19.9. The van der Waals surface area contributed by atoms with Crippen molar-refractivity contribution in [3.63, 3.8) is 0 Å². The fraction of sp³-hybridized carbons (Fsp3) is 0.143. The minimum Gasteiger partial charge on any atom is -0.300 e. The van der Waals surface area contributed by atoms with E-state index in [0.29, 0.717) is 16.4 Å². The number of aryl methyl sites for hydroxylation is 1. The number of hydrogen-bond acceptors (Lipinski definition) is 5. The number of benzene rings is 2. The van der Waals surface area contributed by atoms with Gasteiger partial charge in [-0.1, -0.05) is 43.3 Å². The van der Waals surface area contributed by atoms with E-state index in [1.54, 1.807) is 24.3 Å². The minimum absolute atomic E-state index is 0.238. The molecule has 2 aromatic carbocycles. The molecule has 6 nitrogen and oxygen atoms in total. The van der Waals surface area contributed by atoms with E-state index in [4.69, 9.17) is 0 Å². The van der Waals surface area contributed by atoms with Crippen LogP contribution in [0.2, 0.25) is 0 Å². The van der Waals surface area contributed by atoms with Gasteiger partial charge in [-0.25, -0.2) is 9.89 Å². The van der Waals surface area contributed by atoms with Gasteiger partial charge in [-0.15, -0.1) is 0 Å². The number of imide groups is 1. The molecule has 2 heterocycles. The topological polar surface area (TPSA) is 78.8 Å². The number of thioether (sulfide) groups is 1. The molecule has 7 heteroatoms. The van der Waals surface area contributed by atoms with Gasteiger partial charge in [-0.05, 0) is 35.9 Å². The number of fused-ring (bicyclic) bond motifs is 1. The molecule has 0 aliphatic carbocycles. The molecule has 1 fully saturated rings. The summed E-state index contributed by atoms with van der Waals surface area (Å²) in [4.78, 5) is 43.4. The lowest BCUT2D eigenvalue weighted by Gasteiger charge is -2.11. The second kappa shape index (κ2) is 7.09. The number of aliphatic imine (C=N–C) groups is 1. The van der Waals surface area contributed by atoms with Crippen LogP contribution in [0.25, 0.3) is 5.57 Å². The van der Waals surface area contributed by atoms with Gasteiger partial charge in [0.05, 0.1) is 21.9 Å². The van der Waals surface area contributed by atoms with Gasteiger partial charge >= 0.3 is 0 Å². The third-order valence-electron chi connectivity index (χ3n) is 4.59. The Bertz CT molecular complexity index is 1090. The van der Waals surface area contributed by atoms with Crippen molar-refractivity contribution in [2.45, 2.75) is 20.3 Å². The van der Waals surface area contributed by atoms with Crippen LogP contribution in [0.4, 0.5) is 11.4 Å². The SMILES string of the molecule is CCc1ccccc1N=C1NC(=O)/C(=C2/C(=O)N(C(C)=O)c3ccccc32)S1. The lowest BCUT2D eigenvalue weighted by atomic mass is 10.1. The molecule has 0 spiro atoms. The summed E-state index contributed by atoms with van der Waals surface area (Å²) in [6, 6.07) is 14.7. The highest BCUT2D eigenvalue weighted by Gasteiger charge is 2.40. The van der Waals surface area contributed by atoms with Gasteiger partial charge in [0.1, 0.15) is 0 Å². The van der Waals surface area contributed by atoms with Crippen molar-refractivity contribution >= 4 is 51.6 Å². The highest BCUT2D eigenvalue weighted by Crippen LogP contribution is 2.42. The first kappa shape index (κ1) is 18.2. The van der Waals surface area contributed by atoms with E-state index in [-0.39, 0.29) is 22.3 Å². The van der Waals surface area contributed by atoms with Gasteiger partial charge in [0.15, 0.2) is 5.17 Å². The molecule has 0 unspecified atom stereocenters. The number of amides is 3. The van der Waals surface area contributed by atoms with Crippen molar-refractivity contribution in [1.82, 2.24) is 5.32 Å². The summed E-state index contributed by atoms with van der Waals surface area (Å²) in [6.45, 7) is 3.37. The van der Waals surface area contributed by atoms with E-state index in [2.05, 4.69) is 10.3 Å². The minimum atomic E-state index is -0.485. The van der Waals surface area contributed by atoms with Crippen LogP contribution in [0.15, 0.2) is 58.4 Å². The first-order valence-electron chi connectivity index (χ1n) is 8.85. The monoisotopic (exact) mass is 391 g/mol. The van der Waals surface area contributed by atoms with Gasteiger partial charge in [-0.3, -0.25) is 14.4 Å². The van der Waals surface area contributed by atoms with Crippen LogP contribution < -0.4 is 10.2 Å². The number of nitrogens with zero attached hydrogens (tertiary/aromatic N) is 2. The lowest BCUT2D eigenvalue weighted by molar-refractivity contribution is -0.122. The van der Waals surface area contributed by atoms with Crippen LogP contribution in [0, 0.1) is 0 Å². The molecule has 0 saturated carbocycles. The van der Waals surface area contributed by atoms with E-state index in [9.17, 15) is 14.4 Å². The molecule has 0 aromatic heterocycles. The fourth-order valence-corrected chi connectivity index (χ4v) is 4.24. The number of para-hydroxylation sites is 2. The Kier molecular flexibility index (Phi) is 4.60. The molecule has 0 atom stereocenters. The van der Waals surface area contributed by atoms with Crippen LogP contribution in [-0.2, 0) is 20.8 Å². The largest absolute Gasteiger partial charge is 0.300 e. The lowest BCUT2D eigenvalue weighted by Crippen LogP contribution is -2.31. The molecule has 2 aliphatic heterocycles. The Morgan fingerprint density at radius 2 is 1.82 bits per heavy atom. The maximum absolute atomic E-state index is 12.9. The summed E-state index contributed by atoms with van der Waals surface area (Å²) in [7, 11) is 0. The Morgan fingerprint density at radius 1 is 1.11 bits per heavy atom. The highest BCUT2D eigenvalue weighted by molar-refractivity contribution is 8.18. The molecular weight excluding hydrogens is 374 g/mol. The average Bonchev–Trinajstić information content (AvgIpc) is 3.17. The quantitative estimate of drug-likeness (QED) is 0.796. The smallest absolute Gasteiger partial charge is 0.267 e. The number of carbonyl (C=O) groups is 3. The molecule has 28 heavy (non-hydrogen) atoms. The predicted molar refractivity (Wildman–Crippen MR) is 110 cm³/mol. The third-order valence-corrected chi connectivity index (χ3v) is 5.57. The van der Waals surface area contributed by atoms with Crippen molar-refractivity contribution in [2.75, 3.05) is 4.90 Å². The Morgan fingerprint density at radius 3 is 2.57 bits per heavy atom. The second-order valence-corrected chi connectivity index (χ2v) is 7.34. The number of hydrogen-bond donors (Lipinski definition) is 1. The zero-order valence-corrected chi connectivity index (χ0v) is 16.2. The maximum atomic E-state index is 12.9. The number of anilines is 1. The molecule has 1 N–H and O–H groups in total. The van der Waals surface area contributed by atoms with E-state index >= 15 is 0 Å². The Hall–Kier alpha value is -3.19. The van der Waals surface area contributed by atoms with Crippen molar-refractivity contribution in [3.05, 3.63) is 64.6 Å². The van der Waals surface area contributed by atoms with E-state index in [1.165, 1.54) is 6.92 Å². The molecule has 0 bridgehead atoms. The van der Waals surface area contributed by atoms with E-state index in [1.807, 2.05) is 31.2 Å². The molecule has 140 valence electrons. The summed E-state index contributed by atoms with van der Waals surface area (Å²) < 4.78 is 0. The number of nitrogens with one attached hydrogen (secondary N) is 1. The summed E-state index contributed by atoms with van der Waals surface area (Å²) in [5.74, 6) is -1.26.